The molecule has 0 amide bonds. The molecule has 0 saturated heterocycles. The van der Waals surface area contributed by atoms with Crippen LogP contribution in [0.4, 0.5) is 0 Å². The van der Waals surface area contributed by atoms with Crippen LogP contribution in [0.1, 0.15) is 31.9 Å². The lowest BCUT2D eigenvalue weighted by molar-refractivity contribution is 0.461. The maximum Gasteiger partial charge on any atom is 0.219 e. The summed E-state index contributed by atoms with van der Waals surface area (Å²) in [5.74, 6) is 1.29. The van der Waals surface area contributed by atoms with E-state index in [1.54, 1.807) is 6.20 Å². The highest BCUT2D eigenvalue weighted by Gasteiger charge is 2.17. The summed E-state index contributed by atoms with van der Waals surface area (Å²) in [6.45, 7) is 8.41. The number of ether oxygens (including phenoxy) is 1. The average molecular weight is 276 g/mol. The molecule has 0 atom stereocenters. The van der Waals surface area contributed by atoms with Gasteiger partial charge in [-0.05, 0) is 41.7 Å². The van der Waals surface area contributed by atoms with E-state index in [9.17, 15) is 0 Å². The summed E-state index contributed by atoms with van der Waals surface area (Å²) in [7, 11) is 0. The van der Waals surface area contributed by atoms with Crippen LogP contribution in [0.3, 0.4) is 0 Å². The zero-order valence-corrected chi connectivity index (χ0v) is 12.5. The molecule has 1 heterocycles. The van der Waals surface area contributed by atoms with Crippen molar-refractivity contribution in [2.45, 2.75) is 33.1 Å². The molecule has 3 heteroatoms. The van der Waals surface area contributed by atoms with Crippen LogP contribution in [-0.2, 0) is 5.41 Å². The lowest BCUT2D eigenvalue weighted by atomic mass is 9.87. The molecule has 0 saturated carbocycles. The van der Waals surface area contributed by atoms with Crippen molar-refractivity contribution in [3.63, 3.8) is 0 Å². The fourth-order valence-corrected chi connectivity index (χ4v) is 2.31. The van der Waals surface area contributed by atoms with Crippen LogP contribution in [-0.4, -0.2) is 4.98 Å². The fraction of sp³-hybridized carbons (Fsp3) is 0.312. The number of halogens is 1. The van der Waals surface area contributed by atoms with E-state index < -0.39 is 0 Å². The highest BCUT2D eigenvalue weighted by molar-refractivity contribution is 6.31. The maximum absolute atomic E-state index is 6.31. The van der Waals surface area contributed by atoms with Crippen LogP contribution < -0.4 is 4.74 Å². The Bertz CT molecular complexity index is 588. The second kappa shape index (κ2) is 5.22. The number of aromatic nitrogens is 1. The van der Waals surface area contributed by atoms with Crippen LogP contribution in [0, 0.1) is 6.92 Å². The Balaban J connectivity index is 2.26. The van der Waals surface area contributed by atoms with Gasteiger partial charge in [0.1, 0.15) is 5.75 Å². The van der Waals surface area contributed by atoms with Gasteiger partial charge in [0.15, 0.2) is 0 Å². The molecule has 1 aromatic carbocycles. The van der Waals surface area contributed by atoms with Crippen molar-refractivity contribution in [3.05, 3.63) is 52.7 Å². The summed E-state index contributed by atoms with van der Waals surface area (Å²) < 4.78 is 5.71. The van der Waals surface area contributed by atoms with E-state index in [-0.39, 0.29) is 5.41 Å². The van der Waals surface area contributed by atoms with Crippen LogP contribution in [0.5, 0.6) is 11.6 Å². The number of rotatable bonds is 2. The van der Waals surface area contributed by atoms with Gasteiger partial charge < -0.3 is 4.74 Å². The van der Waals surface area contributed by atoms with Gasteiger partial charge in [0.2, 0.25) is 5.88 Å². The highest BCUT2D eigenvalue weighted by Crippen LogP contribution is 2.33. The SMILES string of the molecule is Cc1ccnc(Oc2ccc(C(C)(C)C)c(Cl)c2)c1. The summed E-state index contributed by atoms with van der Waals surface area (Å²) in [5, 5.41) is 0.720. The number of benzene rings is 1. The molecule has 0 aliphatic carbocycles. The van der Waals surface area contributed by atoms with Crippen molar-refractivity contribution in [2.75, 3.05) is 0 Å². The van der Waals surface area contributed by atoms with Gasteiger partial charge in [-0.2, -0.15) is 0 Å². The number of nitrogens with zero attached hydrogens (tertiary/aromatic N) is 1. The Hall–Kier alpha value is -1.54. The van der Waals surface area contributed by atoms with Gasteiger partial charge in [0.05, 0.1) is 0 Å². The number of hydrogen-bond donors (Lipinski definition) is 0. The Labute approximate surface area is 119 Å². The van der Waals surface area contributed by atoms with Crippen molar-refractivity contribution >= 4 is 11.6 Å². The maximum atomic E-state index is 6.31. The summed E-state index contributed by atoms with van der Waals surface area (Å²) in [5.41, 5.74) is 2.25. The third-order valence-corrected chi connectivity index (χ3v) is 3.17. The minimum atomic E-state index is 0.0250. The zero-order valence-electron chi connectivity index (χ0n) is 11.7. The van der Waals surface area contributed by atoms with Crippen LogP contribution in [0.2, 0.25) is 5.02 Å². The summed E-state index contributed by atoms with van der Waals surface area (Å²) >= 11 is 6.31. The smallest absolute Gasteiger partial charge is 0.219 e. The molecule has 100 valence electrons. The Morgan fingerprint density at radius 1 is 1.11 bits per heavy atom. The molecule has 2 rings (SSSR count). The van der Waals surface area contributed by atoms with Crippen molar-refractivity contribution in [3.8, 4) is 11.6 Å². The molecule has 0 spiro atoms. The minimum absolute atomic E-state index is 0.0250. The van der Waals surface area contributed by atoms with Gasteiger partial charge in [-0.1, -0.05) is 38.4 Å². The van der Waals surface area contributed by atoms with Gasteiger partial charge in [-0.15, -0.1) is 0 Å². The quantitative estimate of drug-likeness (QED) is 0.758. The summed E-state index contributed by atoms with van der Waals surface area (Å²) in [4.78, 5) is 4.17. The molecule has 0 N–H and O–H groups in total. The Kier molecular flexibility index (Phi) is 3.81. The Morgan fingerprint density at radius 3 is 2.42 bits per heavy atom. The molecule has 0 aliphatic rings. The zero-order chi connectivity index (χ0) is 14.0. The molecule has 0 bridgehead atoms. The van der Waals surface area contributed by atoms with Gasteiger partial charge in [-0.3, -0.25) is 0 Å². The van der Waals surface area contributed by atoms with Gasteiger partial charge in [-0.25, -0.2) is 4.98 Å². The van der Waals surface area contributed by atoms with Gasteiger partial charge >= 0.3 is 0 Å². The van der Waals surface area contributed by atoms with Crippen molar-refractivity contribution < 1.29 is 4.74 Å². The van der Waals surface area contributed by atoms with E-state index in [4.69, 9.17) is 16.3 Å². The molecule has 2 nitrogen and oxygen atoms in total. The normalized spacial score (nSPS) is 11.4. The average Bonchev–Trinajstić information content (AvgIpc) is 2.27. The van der Waals surface area contributed by atoms with E-state index in [0.29, 0.717) is 11.6 Å². The van der Waals surface area contributed by atoms with Gasteiger partial charge in [0, 0.05) is 17.3 Å². The lowest BCUT2D eigenvalue weighted by Crippen LogP contribution is -2.11. The highest BCUT2D eigenvalue weighted by atomic mass is 35.5. The minimum Gasteiger partial charge on any atom is -0.439 e. The van der Waals surface area contributed by atoms with Crippen molar-refractivity contribution in [1.82, 2.24) is 4.98 Å². The van der Waals surface area contributed by atoms with Crippen LogP contribution in [0.25, 0.3) is 0 Å². The van der Waals surface area contributed by atoms with Crippen molar-refractivity contribution in [1.29, 1.82) is 0 Å². The molecule has 0 radical (unpaired) electrons. The van der Waals surface area contributed by atoms with E-state index in [1.807, 2.05) is 37.3 Å². The fourth-order valence-electron chi connectivity index (χ4n) is 1.85. The molecular weight excluding hydrogens is 258 g/mol. The molecule has 2 aromatic rings. The van der Waals surface area contributed by atoms with Gasteiger partial charge in [0.25, 0.3) is 0 Å². The largest absolute Gasteiger partial charge is 0.439 e. The van der Waals surface area contributed by atoms with Crippen molar-refractivity contribution in [2.24, 2.45) is 0 Å². The van der Waals surface area contributed by atoms with E-state index in [2.05, 4.69) is 25.8 Å². The predicted molar refractivity (Wildman–Crippen MR) is 79.2 cm³/mol. The first-order chi connectivity index (χ1) is 8.86. The molecule has 19 heavy (non-hydrogen) atoms. The molecule has 0 aliphatic heterocycles. The van der Waals surface area contributed by atoms with Crippen LogP contribution in [0.15, 0.2) is 36.5 Å². The first-order valence-electron chi connectivity index (χ1n) is 6.27. The van der Waals surface area contributed by atoms with E-state index in [1.165, 1.54) is 0 Å². The number of pyridine rings is 1. The molecular formula is C16H18ClNO. The van der Waals surface area contributed by atoms with E-state index in [0.717, 1.165) is 16.1 Å². The summed E-state index contributed by atoms with van der Waals surface area (Å²) in [6.07, 6.45) is 1.73. The third kappa shape index (κ3) is 3.48. The second-order valence-electron chi connectivity index (χ2n) is 5.67. The third-order valence-electron chi connectivity index (χ3n) is 2.86. The lowest BCUT2D eigenvalue weighted by Gasteiger charge is -2.21. The summed E-state index contributed by atoms with van der Waals surface area (Å²) in [6, 6.07) is 9.60. The molecule has 0 fully saturated rings. The number of hydrogen-bond acceptors (Lipinski definition) is 2. The molecule has 1 aromatic heterocycles. The standard InChI is InChI=1S/C16H18ClNO/c1-11-7-8-18-15(9-11)19-12-5-6-13(14(17)10-12)16(2,3)4/h5-10H,1-4H3. The first kappa shape index (κ1) is 13.9. The first-order valence-corrected chi connectivity index (χ1v) is 6.64. The molecule has 0 unspecified atom stereocenters. The monoisotopic (exact) mass is 275 g/mol. The Morgan fingerprint density at radius 2 is 1.84 bits per heavy atom. The number of aryl methyl sites for hydroxylation is 1. The predicted octanol–water partition coefficient (Wildman–Crippen LogP) is 5.13. The second-order valence-corrected chi connectivity index (χ2v) is 6.07. The van der Waals surface area contributed by atoms with E-state index >= 15 is 0 Å². The van der Waals surface area contributed by atoms with Crippen LogP contribution >= 0.6 is 11.6 Å². The topological polar surface area (TPSA) is 22.1 Å².